The van der Waals surface area contributed by atoms with Gasteiger partial charge in [-0.2, -0.15) is 0 Å². The molecule has 2 N–H and O–H groups in total. The molecule has 0 saturated heterocycles. The van der Waals surface area contributed by atoms with Crippen LogP contribution in [-0.2, 0) is 6.54 Å². The summed E-state index contributed by atoms with van der Waals surface area (Å²) in [5.41, 5.74) is 2.70. The maximum atomic E-state index is 5.68. The Labute approximate surface area is 176 Å². The third-order valence-electron chi connectivity index (χ3n) is 4.26. The molecule has 0 saturated carbocycles. The summed E-state index contributed by atoms with van der Waals surface area (Å²) in [5.74, 6) is 2.21. The molecule has 0 unspecified atom stereocenters. The Kier molecular flexibility index (Phi) is 7.08. The van der Waals surface area contributed by atoms with Gasteiger partial charge in [-0.3, -0.25) is 4.98 Å². The van der Waals surface area contributed by atoms with Crippen LogP contribution in [0.2, 0.25) is 0 Å². The lowest BCUT2D eigenvalue weighted by Crippen LogP contribution is -2.28. The van der Waals surface area contributed by atoms with Gasteiger partial charge in [-0.25, -0.2) is 0 Å². The maximum absolute atomic E-state index is 5.68. The van der Waals surface area contributed by atoms with Crippen LogP contribution in [0, 0.1) is 0 Å². The minimum atomic E-state index is 0.521. The predicted molar refractivity (Wildman–Crippen MR) is 120 cm³/mol. The normalized spacial score (nSPS) is 10.4. The van der Waals surface area contributed by atoms with Gasteiger partial charge in [0, 0.05) is 23.8 Å². The lowest BCUT2D eigenvalue weighted by atomic mass is 10.1. The monoisotopic (exact) mass is 411 g/mol. The number of fused-ring (bicyclic) bond motifs is 1. The van der Waals surface area contributed by atoms with Crippen LogP contribution in [0.25, 0.3) is 10.9 Å². The number of benzene rings is 2. The first kappa shape index (κ1) is 20.7. The first-order valence-electron chi connectivity index (χ1n) is 9.51. The number of thiocarbonyl (C=S) groups is 1. The number of rotatable bonds is 8. The van der Waals surface area contributed by atoms with Crippen molar-refractivity contribution in [1.82, 2.24) is 10.3 Å². The summed E-state index contributed by atoms with van der Waals surface area (Å²) in [5, 5.41) is 7.94. The van der Waals surface area contributed by atoms with E-state index in [4.69, 9.17) is 26.4 Å². The van der Waals surface area contributed by atoms with Crippen molar-refractivity contribution in [1.29, 1.82) is 0 Å². The maximum Gasteiger partial charge on any atom is 0.171 e. The number of ether oxygens (including phenoxy) is 3. The number of methoxy groups -OCH3 is 1. The summed E-state index contributed by atoms with van der Waals surface area (Å²) < 4.78 is 16.7. The summed E-state index contributed by atoms with van der Waals surface area (Å²) >= 11 is 5.48. The average Bonchev–Trinajstić information content (AvgIpc) is 2.74. The highest BCUT2D eigenvalue weighted by molar-refractivity contribution is 7.80. The standard InChI is InChI=1S/C22H25N3O3S/c1-4-27-18-10-8-15(13-20(18)28-5-2)14-24-22(29)25-17-9-11-19(26-3)21-16(17)7-6-12-23-21/h6-13H,4-5,14H2,1-3H3,(H2,24,25,29). The number of hydrogen-bond donors (Lipinski definition) is 2. The van der Waals surface area contributed by atoms with Crippen LogP contribution in [0.1, 0.15) is 19.4 Å². The van der Waals surface area contributed by atoms with E-state index in [0.717, 1.165) is 39.4 Å². The molecule has 29 heavy (non-hydrogen) atoms. The summed E-state index contributed by atoms with van der Waals surface area (Å²) in [6, 6.07) is 13.6. The van der Waals surface area contributed by atoms with E-state index in [1.807, 2.05) is 56.3 Å². The number of anilines is 1. The van der Waals surface area contributed by atoms with Crippen molar-refractivity contribution in [2.45, 2.75) is 20.4 Å². The molecule has 152 valence electrons. The molecule has 6 nitrogen and oxygen atoms in total. The van der Waals surface area contributed by atoms with Crippen LogP contribution >= 0.6 is 12.2 Å². The van der Waals surface area contributed by atoms with Crippen LogP contribution in [0.3, 0.4) is 0 Å². The van der Waals surface area contributed by atoms with E-state index in [0.29, 0.717) is 24.9 Å². The second-order valence-corrected chi connectivity index (χ2v) is 6.58. The Balaban J connectivity index is 1.69. The molecule has 1 aromatic heterocycles. The third kappa shape index (κ3) is 5.06. The fraction of sp³-hybridized carbons (Fsp3) is 0.273. The van der Waals surface area contributed by atoms with Crippen molar-refractivity contribution < 1.29 is 14.2 Å². The van der Waals surface area contributed by atoms with Gasteiger partial charge in [0.15, 0.2) is 16.6 Å². The van der Waals surface area contributed by atoms with Gasteiger partial charge in [-0.15, -0.1) is 0 Å². The molecule has 0 atom stereocenters. The minimum Gasteiger partial charge on any atom is -0.494 e. The Bertz CT molecular complexity index is 994. The van der Waals surface area contributed by atoms with E-state index in [-0.39, 0.29) is 0 Å². The first-order valence-corrected chi connectivity index (χ1v) is 9.92. The molecular weight excluding hydrogens is 386 g/mol. The van der Waals surface area contributed by atoms with Crippen molar-refractivity contribution in [3.8, 4) is 17.2 Å². The van der Waals surface area contributed by atoms with Crippen LogP contribution < -0.4 is 24.8 Å². The highest BCUT2D eigenvalue weighted by Crippen LogP contribution is 2.30. The molecule has 0 aliphatic carbocycles. The van der Waals surface area contributed by atoms with Crippen molar-refractivity contribution in [3.63, 3.8) is 0 Å². The van der Waals surface area contributed by atoms with E-state index < -0.39 is 0 Å². The zero-order valence-electron chi connectivity index (χ0n) is 16.8. The Hall–Kier alpha value is -3.06. The topological polar surface area (TPSA) is 64.6 Å². The summed E-state index contributed by atoms with van der Waals surface area (Å²) in [6.07, 6.45) is 1.74. The molecule has 0 bridgehead atoms. The van der Waals surface area contributed by atoms with Gasteiger partial charge in [-0.1, -0.05) is 6.07 Å². The molecular formula is C22H25N3O3S. The molecule has 1 heterocycles. The molecule has 0 aliphatic heterocycles. The van der Waals surface area contributed by atoms with E-state index in [1.54, 1.807) is 13.3 Å². The van der Waals surface area contributed by atoms with Gasteiger partial charge in [0.2, 0.25) is 0 Å². The zero-order chi connectivity index (χ0) is 20.6. The fourth-order valence-corrected chi connectivity index (χ4v) is 3.16. The summed E-state index contributed by atoms with van der Waals surface area (Å²) in [7, 11) is 1.64. The van der Waals surface area contributed by atoms with E-state index in [1.165, 1.54) is 0 Å². The Morgan fingerprint density at radius 3 is 2.52 bits per heavy atom. The van der Waals surface area contributed by atoms with Crippen molar-refractivity contribution in [2.75, 3.05) is 25.6 Å². The quantitative estimate of drug-likeness (QED) is 0.528. The Morgan fingerprint density at radius 1 is 1.00 bits per heavy atom. The Morgan fingerprint density at radius 2 is 1.76 bits per heavy atom. The molecule has 0 amide bonds. The first-order chi connectivity index (χ1) is 14.2. The van der Waals surface area contributed by atoms with Gasteiger partial charge in [-0.05, 0) is 68.0 Å². The second kappa shape index (κ2) is 9.93. The number of nitrogens with one attached hydrogen (secondary N) is 2. The minimum absolute atomic E-state index is 0.521. The van der Waals surface area contributed by atoms with Crippen LogP contribution in [-0.4, -0.2) is 30.4 Å². The molecule has 3 rings (SSSR count). The van der Waals surface area contributed by atoms with Crippen LogP contribution in [0.5, 0.6) is 17.2 Å². The van der Waals surface area contributed by atoms with Gasteiger partial charge in [0.25, 0.3) is 0 Å². The second-order valence-electron chi connectivity index (χ2n) is 6.17. The lowest BCUT2D eigenvalue weighted by molar-refractivity contribution is 0.287. The van der Waals surface area contributed by atoms with E-state index in [9.17, 15) is 0 Å². The smallest absolute Gasteiger partial charge is 0.171 e. The summed E-state index contributed by atoms with van der Waals surface area (Å²) in [4.78, 5) is 4.41. The van der Waals surface area contributed by atoms with Crippen molar-refractivity contribution in [3.05, 3.63) is 54.2 Å². The SMILES string of the molecule is CCOc1ccc(CNC(=S)Nc2ccc(OC)c3ncccc23)cc1OCC. The van der Waals surface area contributed by atoms with Gasteiger partial charge >= 0.3 is 0 Å². The predicted octanol–water partition coefficient (Wildman–Crippen LogP) is 4.53. The fourth-order valence-electron chi connectivity index (χ4n) is 2.97. The van der Waals surface area contributed by atoms with Gasteiger partial charge in [0.1, 0.15) is 11.3 Å². The third-order valence-corrected chi connectivity index (χ3v) is 4.51. The number of nitrogens with zero attached hydrogens (tertiary/aromatic N) is 1. The largest absolute Gasteiger partial charge is 0.494 e. The van der Waals surface area contributed by atoms with E-state index in [2.05, 4.69) is 15.6 Å². The highest BCUT2D eigenvalue weighted by Gasteiger charge is 2.10. The molecule has 0 radical (unpaired) electrons. The van der Waals surface area contributed by atoms with Crippen LogP contribution in [0.15, 0.2) is 48.7 Å². The molecule has 2 aromatic carbocycles. The lowest BCUT2D eigenvalue weighted by Gasteiger charge is -2.15. The van der Waals surface area contributed by atoms with Crippen molar-refractivity contribution in [2.24, 2.45) is 0 Å². The molecule has 3 aromatic rings. The van der Waals surface area contributed by atoms with Gasteiger partial charge in [0.05, 0.1) is 20.3 Å². The van der Waals surface area contributed by atoms with Crippen LogP contribution in [0.4, 0.5) is 5.69 Å². The zero-order valence-corrected chi connectivity index (χ0v) is 17.6. The molecule has 7 heteroatoms. The average molecular weight is 412 g/mol. The number of hydrogen-bond acceptors (Lipinski definition) is 5. The number of aromatic nitrogens is 1. The molecule has 0 spiro atoms. The van der Waals surface area contributed by atoms with Gasteiger partial charge < -0.3 is 24.8 Å². The number of pyridine rings is 1. The summed E-state index contributed by atoms with van der Waals surface area (Å²) in [6.45, 7) is 5.64. The van der Waals surface area contributed by atoms with E-state index >= 15 is 0 Å². The highest BCUT2D eigenvalue weighted by atomic mass is 32.1. The van der Waals surface area contributed by atoms with Crippen molar-refractivity contribution >= 4 is 33.9 Å². The molecule has 0 fully saturated rings. The molecule has 0 aliphatic rings.